The Labute approximate surface area is 97.1 Å². The first-order chi connectivity index (χ1) is 7.75. The smallest absolute Gasteiger partial charge is 0.220 e. The van der Waals surface area contributed by atoms with Gasteiger partial charge >= 0.3 is 0 Å². The van der Waals surface area contributed by atoms with E-state index in [2.05, 4.69) is 4.90 Å². The van der Waals surface area contributed by atoms with Crippen LogP contribution < -0.4 is 5.73 Å². The second-order valence-electron chi connectivity index (χ2n) is 5.03. The number of amides is 1. The van der Waals surface area contributed by atoms with Crippen LogP contribution >= 0.6 is 0 Å². The highest BCUT2D eigenvalue weighted by Crippen LogP contribution is 2.21. The van der Waals surface area contributed by atoms with Crippen molar-refractivity contribution < 1.29 is 9.53 Å². The summed E-state index contributed by atoms with van der Waals surface area (Å²) in [6.45, 7) is 5.08. The quantitative estimate of drug-likeness (QED) is 0.767. The first-order valence-corrected chi connectivity index (χ1v) is 6.35. The number of nitrogens with zero attached hydrogens (tertiary/aromatic N) is 1. The first-order valence-electron chi connectivity index (χ1n) is 6.35. The molecule has 1 amide bonds. The van der Waals surface area contributed by atoms with Crippen LogP contribution in [0.4, 0.5) is 0 Å². The Kier molecular flexibility index (Phi) is 4.18. The molecule has 0 saturated carbocycles. The van der Waals surface area contributed by atoms with Crippen LogP contribution in [0.3, 0.4) is 0 Å². The molecule has 0 radical (unpaired) electrons. The lowest BCUT2D eigenvalue weighted by atomic mass is 9.94. The number of nitrogens with two attached hydrogens (primary N) is 1. The average molecular weight is 226 g/mol. The minimum atomic E-state index is -0.120. The van der Waals surface area contributed by atoms with E-state index in [4.69, 9.17) is 10.5 Å². The predicted molar refractivity (Wildman–Crippen MR) is 61.9 cm³/mol. The Morgan fingerprint density at radius 1 is 1.19 bits per heavy atom. The number of piperidine rings is 1. The second kappa shape index (κ2) is 5.64. The minimum absolute atomic E-state index is 0.117. The van der Waals surface area contributed by atoms with Crippen LogP contribution in [0, 0.1) is 11.8 Å². The van der Waals surface area contributed by atoms with Gasteiger partial charge in [0.1, 0.15) is 0 Å². The maximum atomic E-state index is 11.0. The summed E-state index contributed by atoms with van der Waals surface area (Å²) < 4.78 is 5.36. The van der Waals surface area contributed by atoms with Crippen LogP contribution in [0.15, 0.2) is 0 Å². The molecule has 2 aliphatic rings. The molecule has 0 unspecified atom stereocenters. The van der Waals surface area contributed by atoms with E-state index < -0.39 is 0 Å². The van der Waals surface area contributed by atoms with Crippen LogP contribution in [0.5, 0.6) is 0 Å². The third-order valence-electron chi connectivity index (χ3n) is 3.85. The fourth-order valence-corrected chi connectivity index (χ4v) is 2.69. The topological polar surface area (TPSA) is 55.6 Å². The van der Waals surface area contributed by atoms with Crippen LogP contribution in [0.25, 0.3) is 0 Å². The number of ether oxygens (including phenoxy) is 1. The predicted octanol–water partition coefficient (Wildman–Crippen LogP) is 0.610. The van der Waals surface area contributed by atoms with E-state index in [0.717, 1.165) is 45.1 Å². The maximum Gasteiger partial charge on any atom is 0.220 e. The average Bonchev–Trinajstić information content (AvgIpc) is 2.31. The van der Waals surface area contributed by atoms with Gasteiger partial charge in [-0.25, -0.2) is 0 Å². The zero-order valence-corrected chi connectivity index (χ0v) is 9.86. The Morgan fingerprint density at radius 2 is 1.81 bits per heavy atom. The van der Waals surface area contributed by atoms with Crippen molar-refractivity contribution in [3.05, 3.63) is 0 Å². The van der Waals surface area contributed by atoms with E-state index in [-0.39, 0.29) is 11.8 Å². The Hall–Kier alpha value is -0.610. The summed E-state index contributed by atoms with van der Waals surface area (Å²) in [6.07, 6.45) is 4.27. The number of rotatable bonds is 3. The highest BCUT2D eigenvalue weighted by molar-refractivity contribution is 5.76. The van der Waals surface area contributed by atoms with E-state index in [0.29, 0.717) is 0 Å². The van der Waals surface area contributed by atoms with Gasteiger partial charge in [0.05, 0.1) is 0 Å². The zero-order chi connectivity index (χ0) is 11.4. The summed E-state index contributed by atoms with van der Waals surface area (Å²) in [5, 5.41) is 0. The van der Waals surface area contributed by atoms with Gasteiger partial charge in [0.2, 0.25) is 5.91 Å². The van der Waals surface area contributed by atoms with Gasteiger partial charge in [-0.15, -0.1) is 0 Å². The van der Waals surface area contributed by atoms with Gasteiger partial charge < -0.3 is 15.4 Å². The van der Waals surface area contributed by atoms with Gasteiger partial charge in [-0.05, 0) is 44.7 Å². The summed E-state index contributed by atoms with van der Waals surface area (Å²) in [7, 11) is 0. The molecule has 0 aliphatic carbocycles. The normalized spacial score (nSPS) is 25.8. The Morgan fingerprint density at radius 3 is 2.38 bits per heavy atom. The van der Waals surface area contributed by atoms with Crippen LogP contribution in [0.2, 0.25) is 0 Å². The van der Waals surface area contributed by atoms with E-state index in [9.17, 15) is 4.79 Å². The lowest BCUT2D eigenvalue weighted by Crippen LogP contribution is -2.41. The third-order valence-corrected chi connectivity index (χ3v) is 3.85. The van der Waals surface area contributed by atoms with Crippen molar-refractivity contribution in [3.63, 3.8) is 0 Å². The van der Waals surface area contributed by atoms with Crippen molar-refractivity contribution in [1.29, 1.82) is 0 Å². The molecule has 2 fully saturated rings. The Bertz CT molecular complexity index is 231. The summed E-state index contributed by atoms with van der Waals surface area (Å²) in [5.41, 5.74) is 5.32. The summed E-state index contributed by atoms with van der Waals surface area (Å²) >= 11 is 0. The van der Waals surface area contributed by atoms with E-state index >= 15 is 0 Å². The fourth-order valence-electron chi connectivity index (χ4n) is 2.69. The van der Waals surface area contributed by atoms with Crippen molar-refractivity contribution in [3.8, 4) is 0 Å². The number of carbonyl (C=O) groups excluding carboxylic acids is 1. The van der Waals surface area contributed by atoms with Gasteiger partial charge in [0.25, 0.3) is 0 Å². The molecule has 0 bridgehead atoms. The maximum absolute atomic E-state index is 11.0. The molecule has 0 aromatic heterocycles. The summed E-state index contributed by atoms with van der Waals surface area (Å²) in [5.74, 6) is 0.788. The molecule has 0 aromatic carbocycles. The molecule has 92 valence electrons. The minimum Gasteiger partial charge on any atom is -0.381 e. The number of carbonyl (C=O) groups is 1. The van der Waals surface area contributed by atoms with Gasteiger partial charge in [-0.2, -0.15) is 0 Å². The van der Waals surface area contributed by atoms with E-state index in [1.807, 2.05) is 0 Å². The van der Waals surface area contributed by atoms with Crippen LogP contribution in [0.1, 0.15) is 25.7 Å². The molecular weight excluding hydrogens is 204 g/mol. The Balaban J connectivity index is 1.70. The number of hydrogen-bond donors (Lipinski definition) is 1. The van der Waals surface area contributed by atoms with Gasteiger partial charge in [0.15, 0.2) is 0 Å². The highest BCUT2D eigenvalue weighted by Gasteiger charge is 2.25. The lowest BCUT2D eigenvalue weighted by Gasteiger charge is -2.34. The molecule has 0 atom stereocenters. The molecule has 16 heavy (non-hydrogen) atoms. The molecule has 2 N–H and O–H groups in total. The largest absolute Gasteiger partial charge is 0.381 e. The van der Waals surface area contributed by atoms with Crippen molar-refractivity contribution in [2.45, 2.75) is 25.7 Å². The van der Waals surface area contributed by atoms with Crippen molar-refractivity contribution >= 4 is 5.91 Å². The zero-order valence-electron chi connectivity index (χ0n) is 9.86. The number of likely N-dealkylation sites (tertiary alicyclic amines) is 1. The second-order valence-corrected chi connectivity index (χ2v) is 5.03. The van der Waals surface area contributed by atoms with E-state index in [1.54, 1.807) is 0 Å². The molecular formula is C12H22N2O2. The lowest BCUT2D eigenvalue weighted by molar-refractivity contribution is -0.123. The molecule has 4 heteroatoms. The highest BCUT2D eigenvalue weighted by atomic mass is 16.5. The van der Waals surface area contributed by atoms with Crippen LogP contribution in [-0.2, 0) is 9.53 Å². The standard InChI is InChI=1S/C12H22N2O2/c13-12(15)11-1-5-14(6-2-11)9-10-3-7-16-8-4-10/h10-11H,1-9H2,(H2,13,15). The molecule has 4 nitrogen and oxygen atoms in total. The van der Waals surface area contributed by atoms with E-state index in [1.165, 1.54) is 19.4 Å². The van der Waals surface area contributed by atoms with Gasteiger partial charge in [-0.3, -0.25) is 4.79 Å². The monoisotopic (exact) mass is 226 g/mol. The molecule has 2 saturated heterocycles. The molecule has 2 rings (SSSR count). The van der Waals surface area contributed by atoms with Gasteiger partial charge in [0, 0.05) is 25.7 Å². The molecule has 0 spiro atoms. The third kappa shape index (κ3) is 3.19. The summed E-state index contributed by atoms with van der Waals surface area (Å²) in [6, 6.07) is 0. The number of hydrogen-bond acceptors (Lipinski definition) is 3. The molecule has 0 aromatic rings. The van der Waals surface area contributed by atoms with Crippen molar-refractivity contribution in [2.24, 2.45) is 17.6 Å². The van der Waals surface area contributed by atoms with Gasteiger partial charge in [-0.1, -0.05) is 0 Å². The molecule has 2 aliphatic heterocycles. The summed E-state index contributed by atoms with van der Waals surface area (Å²) in [4.78, 5) is 13.5. The number of primary amides is 1. The first kappa shape index (κ1) is 11.9. The molecule has 2 heterocycles. The van der Waals surface area contributed by atoms with Crippen molar-refractivity contribution in [2.75, 3.05) is 32.8 Å². The van der Waals surface area contributed by atoms with Crippen molar-refractivity contribution in [1.82, 2.24) is 4.90 Å². The fraction of sp³-hybridized carbons (Fsp3) is 0.917. The van der Waals surface area contributed by atoms with Crippen LogP contribution in [-0.4, -0.2) is 43.7 Å². The SMILES string of the molecule is NC(=O)C1CCN(CC2CCOCC2)CC1.